The number of carboxylic acid groups (broad SMARTS) is 1. The fraction of sp³-hybridized carbons (Fsp3) is 0.466. The minimum Gasteiger partial charge on any atom is -0.478 e. The number of alkyl halides is 3. The Hall–Kier alpha value is -12.4. The minimum atomic E-state index is -1.37. The van der Waals surface area contributed by atoms with E-state index in [0.717, 1.165) is 88.9 Å². The number of carbonyl (C=O) groups is 11. The van der Waals surface area contributed by atoms with Crippen molar-refractivity contribution in [2.75, 3.05) is 49.7 Å². The van der Waals surface area contributed by atoms with Gasteiger partial charge in [-0.05, 0) is 164 Å². The van der Waals surface area contributed by atoms with E-state index in [0.29, 0.717) is 88.6 Å². The number of nitrogens with zero attached hydrogens (tertiary/aromatic N) is 12. The van der Waals surface area contributed by atoms with Crippen molar-refractivity contribution in [2.45, 2.75) is 228 Å². The Morgan fingerprint density at radius 2 is 0.795 bits per heavy atom. The number of amides is 7. The maximum absolute atomic E-state index is 14.9. The van der Waals surface area contributed by atoms with Crippen molar-refractivity contribution in [3.8, 4) is 0 Å². The van der Waals surface area contributed by atoms with E-state index < -0.39 is 100.0 Å². The lowest BCUT2D eigenvalue weighted by Gasteiger charge is -2.40. The predicted octanol–water partition coefficient (Wildman–Crippen LogP) is 13.3. The van der Waals surface area contributed by atoms with Crippen molar-refractivity contribution in [3.63, 3.8) is 0 Å². The lowest BCUT2D eigenvalue weighted by Crippen LogP contribution is -2.52. The largest absolute Gasteiger partial charge is 0.478 e. The Morgan fingerprint density at radius 3 is 1.13 bits per heavy atom. The van der Waals surface area contributed by atoms with Gasteiger partial charge in [0.1, 0.15) is 81.8 Å². The second kappa shape index (κ2) is 36.1. The van der Waals surface area contributed by atoms with Crippen LogP contribution in [0.25, 0.3) is 33.1 Å². The summed E-state index contributed by atoms with van der Waals surface area (Å²) in [5, 5.41) is 33.5. The zero-order chi connectivity index (χ0) is 87.3. The van der Waals surface area contributed by atoms with Crippen LogP contribution in [-0.4, -0.2) is 217 Å². The van der Waals surface area contributed by atoms with E-state index in [4.69, 9.17) is 14.3 Å². The molecular formula is C88H101F3N16O15. The normalized spacial score (nSPS) is 20.5. The van der Waals surface area contributed by atoms with E-state index >= 15 is 0 Å². The van der Waals surface area contributed by atoms with E-state index in [1.165, 1.54) is 72.4 Å². The molecule has 6 aliphatic rings. The maximum atomic E-state index is 14.9. The molecule has 31 nitrogen and oxygen atoms in total. The van der Waals surface area contributed by atoms with Crippen LogP contribution in [0.3, 0.4) is 0 Å². The molecule has 7 amide bonds. The SMILES string of the molecule is CC(=O)c1ccc(C2(C(=O)N3C[C@H](F)C[C@@H]3C(=O)Nc3ccc4[nH]ncc4n3)CCCCC2)cc1.CC(C)(C)OC(=O)n1ncc2nc(NC(=O)[C@H]3C[C@@H](F)CN3C(=O)C3(c4ccc(C(=O)O)cc4)CCCCC3)ccc21.CON(C)C(=O)c1ccc(C2(C(=O)N3C[C@H](F)C[C@@H]3C(=O)Nc3ccc4c(cnn4C(=O)OC(C)(C)C)n3)CCCCC2)cc1. The second-order valence-corrected chi connectivity index (χ2v) is 34.2. The molecule has 34 heteroatoms. The number of Topliss-reactive ketones (excluding diaryl/α,β-unsaturated/α-hetero) is 1. The molecule has 0 spiro atoms. The minimum absolute atomic E-state index is 0.0423. The fourth-order valence-electron chi connectivity index (χ4n) is 17.5. The van der Waals surface area contributed by atoms with Crippen molar-refractivity contribution >= 4 is 116 Å². The number of likely N-dealkylation sites (tertiary alicyclic amines) is 3. The third kappa shape index (κ3) is 18.9. The molecular weight excluding hydrogens is 1580 g/mol. The molecule has 0 bridgehead atoms. The summed E-state index contributed by atoms with van der Waals surface area (Å²) >= 11 is 0. The molecule has 6 atom stereocenters. The van der Waals surface area contributed by atoms with Crippen molar-refractivity contribution in [1.82, 2.24) is 64.5 Å². The third-order valence-corrected chi connectivity index (χ3v) is 23.6. The molecule has 3 aromatic carbocycles. The fourth-order valence-corrected chi connectivity index (χ4v) is 17.5. The van der Waals surface area contributed by atoms with Gasteiger partial charge in [-0.15, -0.1) is 0 Å². The van der Waals surface area contributed by atoms with Crippen LogP contribution >= 0.6 is 0 Å². The molecule has 5 N–H and O–H groups in total. The zero-order valence-corrected chi connectivity index (χ0v) is 69.6. The van der Waals surface area contributed by atoms with Crippen LogP contribution in [0.5, 0.6) is 0 Å². The number of carboxylic acids is 1. The van der Waals surface area contributed by atoms with Gasteiger partial charge in [-0.25, -0.2) is 47.6 Å². The first-order chi connectivity index (χ1) is 58.1. The highest BCUT2D eigenvalue weighted by Gasteiger charge is 2.53. The maximum Gasteiger partial charge on any atom is 0.435 e. The highest BCUT2D eigenvalue weighted by molar-refractivity contribution is 6.03. The van der Waals surface area contributed by atoms with Crippen molar-refractivity contribution in [2.24, 2.45) is 0 Å². The van der Waals surface area contributed by atoms with E-state index in [2.05, 4.69) is 51.3 Å². The zero-order valence-electron chi connectivity index (χ0n) is 69.6. The Kier molecular flexibility index (Phi) is 25.9. The number of hydroxylamine groups is 2. The Balaban J connectivity index is 0.000000159. The van der Waals surface area contributed by atoms with E-state index in [9.17, 15) is 71.0 Å². The summed E-state index contributed by atoms with van der Waals surface area (Å²) in [7, 11) is 2.91. The van der Waals surface area contributed by atoms with Gasteiger partial charge >= 0.3 is 18.2 Å². The summed E-state index contributed by atoms with van der Waals surface area (Å²) in [4.78, 5) is 166. The topological polar surface area (TPSA) is 388 Å². The Labute approximate surface area is 701 Å². The summed E-state index contributed by atoms with van der Waals surface area (Å²) in [6, 6.07) is 26.8. The van der Waals surface area contributed by atoms with Gasteiger partial charge < -0.3 is 45.2 Å². The number of H-pyrrole nitrogens is 1. The van der Waals surface area contributed by atoms with Gasteiger partial charge in [-0.3, -0.25) is 48.3 Å². The van der Waals surface area contributed by atoms with Crippen LogP contribution in [0, 0.1) is 0 Å². The molecule has 122 heavy (non-hydrogen) atoms. The molecule has 0 unspecified atom stereocenters. The van der Waals surface area contributed by atoms with Crippen molar-refractivity contribution in [3.05, 3.63) is 161 Å². The average Bonchev–Trinajstić information content (AvgIpc) is 1.65. The number of halogens is 3. The van der Waals surface area contributed by atoms with Crippen LogP contribution in [0.15, 0.2) is 128 Å². The van der Waals surface area contributed by atoms with E-state index in [1.54, 1.807) is 121 Å². The number of nitrogens with one attached hydrogen (secondary N) is 4. The number of fused-ring (bicyclic) bond motifs is 3. The number of hydrogen-bond donors (Lipinski definition) is 5. The number of hydrogen-bond acceptors (Lipinski definition) is 20. The number of benzene rings is 3. The third-order valence-electron chi connectivity index (χ3n) is 23.6. The summed E-state index contributed by atoms with van der Waals surface area (Å²) in [5.41, 5.74) is 1.96. The molecule has 6 aromatic heterocycles. The summed E-state index contributed by atoms with van der Waals surface area (Å²) in [5.74, 6) is -3.16. The lowest BCUT2D eigenvalue weighted by atomic mass is 9.68. The Bertz CT molecular complexity index is 5430. The number of pyridine rings is 3. The summed E-state index contributed by atoms with van der Waals surface area (Å²) in [6.45, 7) is 11.5. The number of ketones is 1. The van der Waals surface area contributed by atoms with Gasteiger partial charge in [0.15, 0.2) is 5.78 Å². The quantitative estimate of drug-likeness (QED) is 0.0443. The molecule has 3 saturated heterocycles. The van der Waals surface area contributed by atoms with Gasteiger partial charge in [-0.1, -0.05) is 106 Å². The number of carbonyl (C=O) groups excluding carboxylic acids is 10. The predicted molar refractivity (Wildman–Crippen MR) is 443 cm³/mol. The second-order valence-electron chi connectivity index (χ2n) is 34.2. The monoisotopic (exact) mass is 1680 g/mol. The number of anilines is 3. The highest BCUT2D eigenvalue weighted by Crippen LogP contribution is 2.47. The molecule has 644 valence electrons. The molecule has 9 heterocycles. The van der Waals surface area contributed by atoms with Crippen molar-refractivity contribution < 1.29 is 85.3 Å². The number of aromatic nitrogens is 9. The smallest absolute Gasteiger partial charge is 0.435 e. The first kappa shape index (κ1) is 87.5. The van der Waals surface area contributed by atoms with Crippen LogP contribution in [0.2, 0.25) is 0 Å². The van der Waals surface area contributed by atoms with Crippen LogP contribution in [0.1, 0.15) is 212 Å². The molecule has 3 aliphatic heterocycles. The molecule has 9 aromatic rings. The lowest BCUT2D eigenvalue weighted by molar-refractivity contribution is -0.143. The van der Waals surface area contributed by atoms with Gasteiger partial charge in [-0.2, -0.15) is 24.7 Å². The summed E-state index contributed by atoms with van der Waals surface area (Å²) < 4.78 is 57.3. The molecule has 3 saturated carbocycles. The number of aromatic amines is 1. The first-order valence-electron chi connectivity index (χ1n) is 41.2. The van der Waals surface area contributed by atoms with Crippen LogP contribution in [0.4, 0.5) is 40.2 Å². The standard InChI is InChI=1S/C32H39FN6O6.C30H34FN5O6.C26H28FN5O3/c1-31(2,3)45-30(43)39-24-13-14-26(35-23(24)18-34-39)36-27(40)25-17-22(33)19-38(25)29(42)32(15-7-6-8-16-32)21-11-9-20(10-12-21)28(41)37(4)44-5;1-29(2,3)42-28(41)36-22-11-12-24(33-21(22)16-32-36)34-25(37)23-15-20(31)17-35(23)27(40)30(13-5-4-6-14-30)19-9-7-18(8-10-19)26(38)39;1-16(33)17-5-7-18(8-6-17)26(11-3-2-4-12-26)25(35)32-15-19(27)13-22(32)24(34)30-23-10-9-20-21(29-23)14-28-31-20/h9-14,18,22,25H,6-8,15-17,19H2,1-5H3,(H,35,36,40);7-12,16,20,23H,4-6,13-15,17H2,1-3H3,(H,38,39)(H,33,34,37);5-10,14,19,22H,2-4,11-13,15H2,1H3,(H,28,31)(H,29,30,34)/t22-,25-;20-,23-;19-,22-/m111/s1. The molecule has 6 fully saturated rings. The van der Waals surface area contributed by atoms with Gasteiger partial charge in [0.2, 0.25) is 35.4 Å². The molecule has 0 radical (unpaired) electrons. The first-order valence-corrected chi connectivity index (χ1v) is 41.2. The van der Waals surface area contributed by atoms with E-state index in [-0.39, 0.29) is 85.5 Å². The van der Waals surface area contributed by atoms with Crippen LogP contribution in [-0.2, 0) is 59.3 Å². The van der Waals surface area contributed by atoms with Gasteiger partial charge in [0.05, 0.1) is 83.7 Å². The number of rotatable bonds is 16. The Morgan fingerprint density at radius 1 is 0.459 bits per heavy atom. The molecule has 3 aliphatic carbocycles. The highest BCUT2D eigenvalue weighted by atomic mass is 19.1. The van der Waals surface area contributed by atoms with Gasteiger partial charge in [0.25, 0.3) is 5.91 Å². The number of ether oxygens (including phenoxy) is 2. The number of aromatic carboxylic acids is 1. The van der Waals surface area contributed by atoms with Crippen molar-refractivity contribution in [1.29, 1.82) is 0 Å². The van der Waals surface area contributed by atoms with E-state index in [1.807, 2.05) is 12.1 Å². The van der Waals surface area contributed by atoms with Gasteiger partial charge in [0, 0.05) is 37.4 Å². The average molecular weight is 1680 g/mol. The molecule has 15 rings (SSSR count). The van der Waals surface area contributed by atoms with Crippen LogP contribution < -0.4 is 16.0 Å². The summed E-state index contributed by atoms with van der Waals surface area (Å²) in [6.07, 6.45) is 9.96.